The first kappa shape index (κ1) is 24.1. The van der Waals surface area contributed by atoms with Gasteiger partial charge in [-0.25, -0.2) is 10.0 Å². The first-order valence-corrected chi connectivity index (χ1v) is 12.0. The van der Waals surface area contributed by atoms with Gasteiger partial charge in [0, 0.05) is 5.03 Å². The Morgan fingerprint density at radius 1 is 1.28 bits per heavy atom. The van der Waals surface area contributed by atoms with Gasteiger partial charge in [-0.05, 0) is 50.0 Å². The van der Waals surface area contributed by atoms with E-state index in [2.05, 4.69) is 29.8 Å². The van der Waals surface area contributed by atoms with Crippen LogP contribution in [0, 0.1) is 0 Å². The van der Waals surface area contributed by atoms with Crippen LogP contribution in [0.4, 0.5) is 4.39 Å². The number of allylic oxidation sites excluding steroid dienone is 1. The molecule has 1 aliphatic heterocycles. The van der Waals surface area contributed by atoms with Gasteiger partial charge in [-0.15, -0.1) is 0 Å². The van der Waals surface area contributed by atoms with Crippen molar-refractivity contribution in [2.24, 2.45) is 10.1 Å². The summed E-state index contributed by atoms with van der Waals surface area (Å²) in [6.07, 6.45) is 7.06. The molecule has 8 heteroatoms. The van der Waals surface area contributed by atoms with E-state index in [9.17, 15) is 4.39 Å². The van der Waals surface area contributed by atoms with E-state index in [0.29, 0.717) is 33.7 Å². The number of aliphatic imine (C=N–C) groups is 1. The monoisotopic (exact) mass is 474 g/mol. The predicted octanol–water partition coefficient (Wildman–Crippen LogP) is 7.67. The molecule has 2 heterocycles. The second-order valence-electron chi connectivity index (χ2n) is 7.59. The smallest absolute Gasteiger partial charge is 0.207 e. The lowest BCUT2D eigenvalue weighted by Crippen LogP contribution is -2.32. The van der Waals surface area contributed by atoms with Crippen molar-refractivity contribution in [2.45, 2.75) is 58.9 Å². The number of hydrogen-bond acceptors (Lipinski definition) is 5. The van der Waals surface area contributed by atoms with Crippen molar-refractivity contribution >= 4 is 34.7 Å². The van der Waals surface area contributed by atoms with Crippen LogP contribution in [-0.4, -0.2) is 27.0 Å². The highest BCUT2D eigenvalue weighted by atomic mass is 35.5. The molecular formula is C24H28ClFN4OS. The molecule has 1 aromatic heterocycles. The SMILES string of the molecule is C=C(F)/N=C1\C(=C(/C)Cl)C(c2sncc2Oc2ccccc2)=NN1C1CCCC1.CCC. The molecule has 170 valence electrons. The average Bonchev–Trinajstić information content (AvgIpc) is 3.48. The summed E-state index contributed by atoms with van der Waals surface area (Å²) in [6.45, 7) is 9.30. The zero-order chi connectivity index (χ0) is 23.1. The molecule has 0 amide bonds. The second-order valence-corrected chi connectivity index (χ2v) is 8.96. The molecule has 1 fully saturated rings. The lowest BCUT2D eigenvalue weighted by Gasteiger charge is -2.22. The van der Waals surface area contributed by atoms with Crippen LogP contribution in [0.2, 0.25) is 0 Å². The fraction of sp³-hybridized carbons (Fsp3) is 0.375. The van der Waals surface area contributed by atoms with Gasteiger partial charge in [0.1, 0.15) is 16.3 Å². The normalized spacial score (nSPS) is 19.0. The Balaban J connectivity index is 0.000000913. The Kier molecular flexibility index (Phi) is 8.59. The van der Waals surface area contributed by atoms with Gasteiger partial charge in [0.15, 0.2) is 11.6 Å². The maximum absolute atomic E-state index is 13.7. The molecule has 0 atom stereocenters. The molecule has 0 radical (unpaired) electrons. The van der Waals surface area contributed by atoms with Crippen molar-refractivity contribution in [2.75, 3.05) is 0 Å². The maximum atomic E-state index is 13.7. The third-order valence-corrected chi connectivity index (χ3v) is 5.83. The Morgan fingerprint density at radius 3 is 2.53 bits per heavy atom. The van der Waals surface area contributed by atoms with Crippen molar-refractivity contribution in [3.8, 4) is 11.5 Å². The quantitative estimate of drug-likeness (QED) is 0.418. The zero-order valence-electron chi connectivity index (χ0n) is 18.6. The molecular weight excluding hydrogens is 447 g/mol. The van der Waals surface area contributed by atoms with Gasteiger partial charge >= 0.3 is 0 Å². The minimum Gasteiger partial charge on any atom is -0.454 e. The predicted molar refractivity (Wildman–Crippen MR) is 131 cm³/mol. The van der Waals surface area contributed by atoms with Gasteiger partial charge < -0.3 is 4.74 Å². The minimum absolute atomic E-state index is 0.156. The summed E-state index contributed by atoms with van der Waals surface area (Å²) in [6, 6.07) is 9.61. The van der Waals surface area contributed by atoms with E-state index >= 15 is 0 Å². The van der Waals surface area contributed by atoms with Crippen molar-refractivity contribution in [1.82, 2.24) is 9.38 Å². The Labute approximate surface area is 198 Å². The Morgan fingerprint density at radius 2 is 1.94 bits per heavy atom. The number of hydrogen-bond donors (Lipinski definition) is 0. The number of benzene rings is 1. The topological polar surface area (TPSA) is 50.1 Å². The van der Waals surface area contributed by atoms with Crippen LogP contribution in [0.25, 0.3) is 0 Å². The Bertz CT molecular complexity index is 1020. The first-order valence-electron chi connectivity index (χ1n) is 10.8. The van der Waals surface area contributed by atoms with Crippen LogP contribution in [0.3, 0.4) is 0 Å². The lowest BCUT2D eigenvalue weighted by atomic mass is 10.1. The number of para-hydroxylation sites is 1. The Hall–Kier alpha value is -2.51. The molecule has 32 heavy (non-hydrogen) atoms. The molecule has 0 bridgehead atoms. The molecule has 0 N–H and O–H groups in total. The highest BCUT2D eigenvalue weighted by Crippen LogP contribution is 2.37. The van der Waals surface area contributed by atoms with Gasteiger partial charge in [0.05, 0.1) is 17.8 Å². The molecule has 5 nitrogen and oxygen atoms in total. The number of halogens is 2. The van der Waals surface area contributed by atoms with Crippen LogP contribution in [0.1, 0.15) is 57.8 Å². The van der Waals surface area contributed by atoms with Crippen LogP contribution in [0.15, 0.2) is 69.8 Å². The maximum Gasteiger partial charge on any atom is 0.207 e. The fourth-order valence-corrected chi connectivity index (χ4v) is 4.45. The highest BCUT2D eigenvalue weighted by molar-refractivity contribution is 7.09. The number of ether oxygens (including phenoxy) is 1. The van der Waals surface area contributed by atoms with E-state index in [4.69, 9.17) is 21.4 Å². The third-order valence-electron chi connectivity index (χ3n) is 4.85. The lowest BCUT2D eigenvalue weighted by molar-refractivity contribution is 0.336. The first-order chi connectivity index (χ1) is 15.5. The standard InChI is InChI=1S/C21H20ClFN4OS.C3H8/c1-13(22)18-19(20-17(12-24-29-20)28-16-10-4-3-5-11-16)26-27(15-8-6-7-9-15)21(18)25-14(2)23;1-3-2/h3-5,10-12,15H,2,6-9H2,1H3;3H2,1-2H3/b18-13+,25-21+;. The molecule has 2 aromatic rings. The van der Waals surface area contributed by atoms with E-state index in [1.165, 1.54) is 18.0 Å². The number of rotatable bonds is 5. The molecule has 0 saturated heterocycles. The largest absolute Gasteiger partial charge is 0.454 e. The summed E-state index contributed by atoms with van der Waals surface area (Å²) in [7, 11) is 0. The highest BCUT2D eigenvalue weighted by Gasteiger charge is 2.38. The van der Waals surface area contributed by atoms with Gasteiger partial charge in [0.25, 0.3) is 0 Å². The summed E-state index contributed by atoms with van der Waals surface area (Å²) in [5.74, 6) is 0.882. The van der Waals surface area contributed by atoms with Crippen LogP contribution in [-0.2, 0) is 0 Å². The molecule has 1 aromatic carbocycles. The van der Waals surface area contributed by atoms with Crippen molar-refractivity contribution in [1.29, 1.82) is 0 Å². The minimum atomic E-state index is -0.778. The second kappa shape index (κ2) is 11.4. The van der Waals surface area contributed by atoms with Crippen molar-refractivity contribution in [3.05, 3.63) is 64.5 Å². The van der Waals surface area contributed by atoms with Gasteiger partial charge in [-0.3, -0.25) is 0 Å². The number of nitrogens with zero attached hydrogens (tertiary/aromatic N) is 4. The van der Waals surface area contributed by atoms with Crippen molar-refractivity contribution in [3.63, 3.8) is 0 Å². The number of amidine groups is 1. The van der Waals surface area contributed by atoms with Crippen LogP contribution >= 0.6 is 23.1 Å². The summed E-state index contributed by atoms with van der Waals surface area (Å²) < 4.78 is 24.0. The third kappa shape index (κ3) is 5.64. The van der Waals surface area contributed by atoms with Crippen LogP contribution < -0.4 is 4.74 Å². The fourth-order valence-electron chi connectivity index (χ4n) is 3.61. The molecule has 4 rings (SSSR count). The van der Waals surface area contributed by atoms with Gasteiger partial charge in [0.2, 0.25) is 5.95 Å². The van der Waals surface area contributed by atoms with E-state index < -0.39 is 5.95 Å². The van der Waals surface area contributed by atoms with Crippen molar-refractivity contribution < 1.29 is 9.13 Å². The molecule has 1 aliphatic carbocycles. The van der Waals surface area contributed by atoms with E-state index in [-0.39, 0.29) is 6.04 Å². The molecule has 2 aliphatic rings. The molecule has 0 spiro atoms. The van der Waals surface area contributed by atoms with Gasteiger partial charge in [-0.2, -0.15) is 13.9 Å². The van der Waals surface area contributed by atoms with Gasteiger partial charge in [-0.1, -0.05) is 62.9 Å². The summed E-state index contributed by atoms with van der Waals surface area (Å²) >= 11 is 7.70. The van der Waals surface area contributed by atoms with E-state index in [1.54, 1.807) is 18.1 Å². The van der Waals surface area contributed by atoms with E-state index in [0.717, 1.165) is 30.6 Å². The zero-order valence-corrected chi connectivity index (χ0v) is 20.2. The summed E-state index contributed by atoms with van der Waals surface area (Å²) in [5.41, 5.74) is 1.18. The molecule has 0 unspecified atom stereocenters. The van der Waals surface area contributed by atoms with E-state index in [1.807, 2.05) is 30.3 Å². The van der Waals surface area contributed by atoms with Crippen LogP contribution in [0.5, 0.6) is 11.5 Å². The summed E-state index contributed by atoms with van der Waals surface area (Å²) in [5, 5.41) is 7.08. The number of aromatic nitrogens is 1. The number of hydrazone groups is 1. The summed E-state index contributed by atoms with van der Waals surface area (Å²) in [4.78, 5) is 4.77. The molecule has 1 saturated carbocycles. The average molecular weight is 475 g/mol.